The summed E-state index contributed by atoms with van der Waals surface area (Å²) in [7, 11) is 0. The molecule has 1 heterocycles. The van der Waals surface area contributed by atoms with Gasteiger partial charge in [0.25, 0.3) is 11.8 Å². The van der Waals surface area contributed by atoms with Crippen molar-refractivity contribution in [2.45, 2.75) is 13.3 Å². The van der Waals surface area contributed by atoms with Gasteiger partial charge in [0.15, 0.2) is 0 Å². The zero-order chi connectivity index (χ0) is 38.1. The van der Waals surface area contributed by atoms with Crippen molar-refractivity contribution in [2.75, 3.05) is 185 Å². The fraction of sp³-hybridized carbons (Fsp3) is 0.857. The predicted molar refractivity (Wildman–Crippen MR) is 188 cm³/mol. The SMILES string of the molecule is CCOC(=O)CCOCCOCCOCCOCCOCCOCCOCCOCCOCCOCCOCCOCCOCCN1C(=O)C=CC1=O. The van der Waals surface area contributed by atoms with Crippen LogP contribution >= 0.6 is 0 Å². The second-order valence-corrected chi connectivity index (χ2v) is 10.7. The maximum atomic E-state index is 11.4. The number of amides is 2. The average Bonchev–Trinajstić information content (AvgIpc) is 3.48. The molecular formula is C35H63NO17. The molecule has 2 amide bonds. The Morgan fingerprint density at radius 3 is 0.868 bits per heavy atom. The third-order valence-corrected chi connectivity index (χ3v) is 6.58. The van der Waals surface area contributed by atoms with E-state index in [-0.39, 0.29) is 37.4 Å². The molecule has 1 aliphatic heterocycles. The van der Waals surface area contributed by atoms with Crippen molar-refractivity contribution in [2.24, 2.45) is 0 Å². The number of esters is 1. The normalized spacial score (nSPS) is 12.8. The largest absolute Gasteiger partial charge is 0.466 e. The van der Waals surface area contributed by atoms with Crippen LogP contribution in [0.15, 0.2) is 12.2 Å². The number of nitrogens with zero attached hydrogens (tertiary/aromatic N) is 1. The van der Waals surface area contributed by atoms with Crippen molar-refractivity contribution < 1.29 is 80.7 Å². The number of carbonyl (C=O) groups is 3. The second-order valence-electron chi connectivity index (χ2n) is 10.7. The minimum atomic E-state index is -0.311. The predicted octanol–water partition coefficient (Wildman–Crippen LogP) is 0.0804. The van der Waals surface area contributed by atoms with E-state index in [2.05, 4.69) is 0 Å². The number of hydrogen-bond donors (Lipinski definition) is 0. The Balaban J connectivity index is 1.61. The molecule has 0 bridgehead atoms. The molecule has 0 aromatic heterocycles. The van der Waals surface area contributed by atoms with Crippen LogP contribution in [0.25, 0.3) is 0 Å². The van der Waals surface area contributed by atoms with Gasteiger partial charge in [-0.1, -0.05) is 0 Å². The lowest BCUT2D eigenvalue weighted by atomic mass is 10.5. The minimum Gasteiger partial charge on any atom is -0.466 e. The highest BCUT2D eigenvalue weighted by atomic mass is 16.6. The first-order valence-electron chi connectivity index (χ1n) is 18.3. The number of hydrogen-bond acceptors (Lipinski definition) is 17. The van der Waals surface area contributed by atoms with E-state index in [9.17, 15) is 14.4 Å². The van der Waals surface area contributed by atoms with Gasteiger partial charge in [-0.25, -0.2) is 0 Å². The van der Waals surface area contributed by atoms with E-state index < -0.39 is 0 Å². The standard InChI is InChI=1S/C35H63NO17/c1-2-53-35(39)5-7-40-9-11-42-13-15-44-17-19-46-21-23-48-25-27-50-29-31-52-32-30-51-28-26-49-24-22-47-20-18-45-16-14-43-12-10-41-8-6-36-33(37)3-4-34(36)38/h3-4H,2,5-32H2,1H3. The Labute approximate surface area is 313 Å². The summed E-state index contributed by atoms with van der Waals surface area (Å²) in [5.41, 5.74) is 0. The fourth-order valence-electron chi connectivity index (χ4n) is 3.94. The maximum absolute atomic E-state index is 11.4. The van der Waals surface area contributed by atoms with Crippen LogP contribution in [0.2, 0.25) is 0 Å². The molecule has 0 unspecified atom stereocenters. The molecule has 0 aliphatic carbocycles. The molecule has 310 valence electrons. The van der Waals surface area contributed by atoms with Crippen molar-refractivity contribution in [3.63, 3.8) is 0 Å². The Morgan fingerprint density at radius 2 is 0.623 bits per heavy atom. The summed E-state index contributed by atoms with van der Waals surface area (Å²) in [5, 5.41) is 0. The molecule has 53 heavy (non-hydrogen) atoms. The molecule has 1 aliphatic rings. The van der Waals surface area contributed by atoms with Crippen molar-refractivity contribution in [1.29, 1.82) is 0 Å². The van der Waals surface area contributed by atoms with Crippen LogP contribution in [0.5, 0.6) is 0 Å². The zero-order valence-electron chi connectivity index (χ0n) is 31.5. The monoisotopic (exact) mass is 769 g/mol. The van der Waals surface area contributed by atoms with Crippen molar-refractivity contribution in [1.82, 2.24) is 4.90 Å². The van der Waals surface area contributed by atoms with E-state index in [1.54, 1.807) is 6.92 Å². The summed E-state index contributed by atoms with van der Waals surface area (Å²) in [4.78, 5) is 35.1. The molecule has 1 rings (SSSR count). The summed E-state index contributed by atoms with van der Waals surface area (Å²) in [6.07, 6.45) is 2.75. The summed E-state index contributed by atoms with van der Waals surface area (Å²) in [6.45, 7) is 14.1. The Hall–Kier alpha value is -2.17. The van der Waals surface area contributed by atoms with Crippen LogP contribution in [0.3, 0.4) is 0 Å². The van der Waals surface area contributed by atoms with E-state index in [1.807, 2.05) is 0 Å². The summed E-state index contributed by atoms with van der Waals surface area (Å²) >= 11 is 0. The molecular weight excluding hydrogens is 706 g/mol. The summed E-state index contributed by atoms with van der Waals surface area (Å²) in [6, 6.07) is 0. The van der Waals surface area contributed by atoms with Crippen molar-refractivity contribution in [3.8, 4) is 0 Å². The number of ether oxygens (including phenoxy) is 14. The Kier molecular flexibility index (Phi) is 36.4. The third kappa shape index (κ3) is 34.1. The first kappa shape index (κ1) is 48.8. The average molecular weight is 770 g/mol. The van der Waals surface area contributed by atoms with E-state index in [4.69, 9.17) is 66.3 Å². The van der Waals surface area contributed by atoms with E-state index in [0.717, 1.165) is 4.90 Å². The van der Waals surface area contributed by atoms with Crippen LogP contribution < -0.4 is 0 Å². The van der Waals surface area contributed by atoms with Crippen LogP contribution in [0.4, 0.5) is 0 Å². The quantitative estimate of drug-likeness (QED) is 0.0461. The number of imide groups is 1. The van der Waals surface area contributed by atoms with Crippen molar-refractivity contribution in [3.05, 3.63) is 12.2 Å². The lowest BCUT2D eigenvalue weighted by Gasteiger charge is -2.13. The first-order valence-corrected chi connectivity index (χ1v) is 18.3. The van der Waals surface area contributed by atoms with Gasteiger partial charge in [0.1, 0.15) is 0 Å². The van der Waals surface area contributed by atoms with Crippen molar-refractivity contribution >= 4 is 17.8 Å². The topological polar surface area (TPSA) is 184 Å². The minimum absolute atomic E-state index is 0.234. The molecule has 0 saturated heterocycles. The van der Waals surface area contributed by atoms with Crippen LogP contribution in [-0.4, -0.2) is 208 Å². The lowest BCUT2D eigenvalue weighted by molar-refractivity contribution is -0.144. The Morgan fingerprint density at radius 1 is 0.396 bits per heavy atom. The second kappa shape index (κ2) is 39.5. The maximum Gasteiger partial charge on any atom is 0.308 e. The molecule has 0 radical (unpaired) electrons. The molecule has 0 aromatic rings. The van der Waals surface area contributed by atoms with Crippen LogP contribution in [0, 0.1) is 0 Å². The first-order chi connectivity index (χ1) is 26.1. The highest BCUT2D eigenvalue weighted by Crippen LogP contribution is 2.02. The zero-order valence-corrected chi connectivity index (χ0v) is 31.5. The molecule has 18 nitrogen and oxygen atoms in total. The fourth-order valence-corrected chi connectivity index (χ4v) is 3.94. The van der Waals surface area contributed by atoms with Gasteiger partial charge in [0, 0.05) is 12.2 Å². The van der Waals surface area contributed by atoms with Gasteiger partial charge >= 0.3 is 5.97 Å². The van der Waals surface area contributed by atoms with Gasteiger partial charge in [-0.2, -0.15) is 0 Å². The highest BCUT2D eigenvalue weighted by molar-refractivity contribution is 6.12. The summed E-state index contributed by atoms with van der Waals surface area (Å²) < 4.78 is 75.4. The smallest absolute Gasteiger partial charge is 0.308 e. The number of rotatable bonds is 43. The summed E-state index contributed by atoms with van der Waals surface area (Å²) in [5.74, 6) is -0.878. The lowest BCUT2D eigenvalue weighted by Crippen LogP contribution is -2.33. The molecule has 0 aromatic carbocycles. The van der Waals surface area contributed by atoms with Crippen LogP contribution in [-0.2, 0) is 80.7 Å². The van der Waals surface area contributed by atoms with Gasteiger partial charge in [0.2, 0.25) is 0 Å². The van der Waals surface area contributed by atoms with E-state index >= 15 is 0 Å². The van der Waals surface area contributed by atoms with Gasteiger partial charge < -0.3 is 66.3 Å². The van der Waals surface area contributed by atoms with Gasteiger partial charge in [0.05, 0.1) is 191 Å². The molecule has 0 spiro atoms. The molecule has 0 atom stereocenters. The van der Waals surface area contributed by atoms with E-state index in [1.165, 1.54) is 12.2 Å². The molecule has 18 heteroatoms. The Bertz CT molecular complexity index is 864. The van der Waals surface area contributed by atoms with Gasteiger partial charge in [-0.3, -0.25) is 19.3 Å². The number of carbonyl (C=O) groups excluding carboxylic acids is 3. The van der Waals surface area contributed by atoms with E-state index in [0.29, 0.717) is 172 Å². The highest BCUT2D eigenvalue weighted by Gasteiger charge is 2.22. The molecule has 0 N–H and O–H groups in total. The molecule has 0 fully saturated rings. The van der Waals surface area contributed by atoms with Gasteiger partial charge in [-0.15, -0.1) is 0 Å². The third-order valence-electron chi connectivity index (χ3n) is 6.58. The van der Waals surface area contributed by atoms with Crippen LogP contribution in [0.1, 0.15) is 13.3 Å². The molecule has 0 saturated carbocycles. The van der Waals surface area contributed by atoms with Gasteiger partial charge in [-0.05, 0) is 6.92 Å².